The zero-order valence-corrected chi connectivity index (χ0v) is 79.5. The standard InChI is InChI=1S/C76H42O2.C66H40O2/c1-3-23-51-49(21-1)69(43-34-38-65-56(41-43)74-67(77-65)40-37-64-72(74)54-26-10-16-32-62(54)76(64)59-29-13-7-19-47(59)48-20-8-14-30-60(48)76)50-22-2-4-24-52(50)70(51)44-33-35-55-68(42-44)78-66-39-36-63-71(73(55)66)53-25-9-15-31-61(53)75(63)57-27-11-5-17-45(57)46-18-6-12-28-58(46)75;1-65(2)49-23-11-9-21-45(49)61-53(65)30-33-57-64(61)48-35-37(28-32-55(48)67-57)59-41-17-3-5-19-43(41)60(44-20-6-4-18-42(44)59)38-27-29-47-58(36-38)68-56-34-31-54-62(63(47)56)46-22-10-14-26-52(46)66(54)50-24-12-7-15-39(50)40-16-8-13-25-51(40)66/h1-42H;3-36H,1-2H3. The quantitative estimate of drug-likeness (QED) is 0.165. The van der Waals surface area contributed by atoms with E-state index in [0.717, 1.165) is 82.9 Å². The number of fused-ring (bicyclic) bond motifs is 53. The van der Waals surface area contributed by atoms with Crippen LogP contribution < -0.4 is 0 Å². The zero-order chi connectivity index (χ0) is 95.2. The molecule has 0 fully saturated rings. The second-order valence-electron chi connectivity index (χ2n) is 41.7. The number of benzene rings is 24. The summed E-state index contributed by atoms with van der Waals surface area (Å²) in [5, 5.41) is 18.9. The highest BCUT2D eigenvalue weighted by molar-refractivity contribution is 6.28. The molecule has 7 aliphatic carbocycles. The van der Waals surface area contributed by atoms with Crippen molar-refractivity contribution in [1.82, 2.24) is 0 Å². The first-order valence-corrected chi connectivity index (χ1v) is 51.1. The van der Waals surface area contributed by atoms with E-state index in [2.05, 4.69) is 475 Å². The van der Waals surface area contributed by atoms with Crippen molar-refractivity contribution in [3.8, 4) is 122 Å². The van der Waals surface area contributed by atoms with Crippen molar-refractivity contribution in [2.24, 2.45) is 0 Å². The highest BCUT2D eigenvalue weighted by Crippen LogP contribution is 2.70. The van der Waals surface area contributed by atoms with E-state index in [9.17, 15) is 0 Å². The van der Waals surface area contributed by atoms with E-state index in [1.54, 1.807) is 0 Å². The third-order valence-corrected chi connectivity index (χ3v) is 35.0. The lowest BCUT2D eigenvalue weighted by atomic mass is 9.70. The van der Waals surface area contributed by atoms with Gasteiger partial charge in [0.25, 0.3) is 0 Å². The second kappa shape index (κ2) is 28.3. The van der Waals surface area contributed by atoms with Crippen LogP contribution in [-0.2, 0) is 21.7 Å². The molecule has 0 bridgehead atoms. The van der Waals surface area contributed by atoms with E-state index >= 15 is 0 Å². The van der Waals surface area contributed by atoms with E-state index in [0.29, 0.717) is 0 Å². The van der Waals surface area contributed by atoms with Gasteiger partial charge in [-0.3, -0.25) is 0 Å². The Morgan fingerprint density at radius 1 is 0.130 bits per heavy atom. The maximum absolute atomic E-state index is 7.04. The van der Waals surface area contributed by atoms with Crippen LogP contribution in [0.5, 0.6) is 0 Å². The van der Waals surface area contributed by atoms with Gasteiger partial charge in [0.15, 0.2) is 0 Å². The van der Waals surface area contributed by atoms with Gasteiger partial charge < -0.3 is 17.7 Å². The van der Waals surface area contributed by atoms with E-state index < -0.39 is 16.2 Å². The van der Waals surface area contributed by atoms with Crippen molar-refractivity contribution in [2.75, 3.05) is 0 Å². The molecule has 0 saturated carbocycles. The van der Waals surface area contributed by atoms with Crippen LogP contribution in [0.4, 0.5) is 0 Å². The van der Waals surface area contributed by atoms with Gasteiger partial charge in [0.1, 0.15) is 44.7 Å². The third kappa shape index (κ3) is 9.72. The summed E-state index contributed by atoms with van der Waals surface area (Å²) >= 11 is 0. The van der Waals surface area contributed by atoms with Crippen molar-refractivity contribution in [2.45, 2.75) is 35.5 Å². The first-order chi connectivity index (χ1) is 72.2. The fraction of sp³-hybridized carbons (Fsp3) is 0.0423. The van der Waals surface area contributed by atoms with Crippen LogP contribution in [0.3, 0.4) is 0 Å². The first kappa shape index (κ1) is 79.2. The molecular formula is C142H82O4. The van der Waals surface area contributed by atoms with Gasteiger partial charge in [-0.05, 0) is 316 Å². The maximum Gasteiger partial charge on any atom is 0.136 e. The summed E-state index contributed by atoms with van der Waals surface area (Å²) < 4.78 is 27.5. The van der Waals surface area contributed by atoms with Gasteiger partial charge >= 0.3 is 0 Å². The molecule has 0 saturated heterocycles. The Morgan fingerprint density at radius 2 is 0.329 bits per heavy atom. The van der Waals surface area contributed by atoms with Crippen LogP contribution in [-0.4, -0.2) is 0 Å². The average molecular weight is 1850 g/mol. The van der Waals surface area contributed by atoms with Gasteiger partial charge in [0.05, 0.1) is 16.2 Å². The molecule has 35 rings (SSSR count). The van der Waals surface area contributed by atoms with Crippen molar-refractivity contribution >= 4 is 131 Å². The van der Waals surface area contributed by atoms with Crippen molar-refractivity contribution in [1.29, 1.82) is 0 Å². The molecule has 0 amide bonds. The van der Waals surface area contributed by atoms with Gasteiger partial charge in [-0.15, -0.1) is 0 Å². The lowest BCUT2D eigenvalue weighted by molar-refractivity contribution is 0.656. The molecule has 0 radical (unpaired) electrons. The molecular weight excluding hydrogens is 1770 g/mol. The topological polar surface area (TPSA) is 52.6 Å². The van der Waals surface area contributed by atoms with E-state index in [1.165, 1.54) is 248 Å². The lowest BCUT2D eigenvalue weighted by Crippen LogP contribution is -2.25. The molecule has 146 heavy (non-hydrogen) atoms. The molecule has 0 atom stereocenters. The SMILES string of the molecule is CC1(C)c2ccccc2-c2c1ccc1oc3ccc(-c4c5ccccc5c(-c5ccc6c(c5)oc5ccc7c(c56)-c5ccccc5C75c6ccccc6-c6ccccc65)c5ccccc45)cc3c21.c1ccc2c(c1)-c1ccccc1C21c2ccccc2-c2c1ccc1oc3cc(-c4c5ccccc5c(-c5ccc6oc7ccc8c(c7c6c5)-c5ccccc5C85c6ccccc6-c6ccccc65)c5ccccc45)ccc3c21. The highest BCUT2D eigenvalue weighted by atomic mass is 16.3. The van der Waals surface area contributed by atoms with Crippen LogP contribution in [0.2, 0.25) is 0 Å². The Hall–Kier alpha value is -18.5. The number of hydrogen-bond acceptors (Lipinski definition) is 4. The maximum atomic E-state index is 7.04. The zero-order valence-electron chi connectivity index (χ0n) is 79.5. The fourth-order valence-electron chi connectivity index (χ4n) is 29.5. The summed E-state index contributed by atoms with van der Waals surface area (Å²) in [6, 6.07) is 172. The Balaban J connectivity index is 0.000000127. The van der Waals surface area contributed by atoms with Crippen molar-refractivity contribution in [3.63, 3.8) is 0 Å². The van der Waals surface area contributed by atoms with Crippen molar-refractivity contribution < 1.29 is 17.7 Å². The van der Waals surface area contributed by atoms with Crippen LogP contribution in [0.25, 0.3) is 253 Å². The van der Waals surface area contributed by atoms with Crippen LogP contribution >= 0.6 is 0 Å². The van der Waals surface area contributed by atoms with Gasteiger partial charge in [-0.2, -0.15) is 0 Å². The van der Waals surface area contributed by atoms with E-state index in [-0.39, 0.29) is 5.41 Å². The molecule has 4 heteroatoms. The minimum absolute atomic E-state index is 0.0987. The molecule has 0 N–H and O–H groups in total. The molecule has 4 heterocycles. The smallest absolute Gasteiger partial charge is 0.136 e. The average Bonchev–Trinajstić information content (AvgIpc) is 1.50. The largest absolute Gasteiger partial charge is 0.456 e. The molecule has 4 aromatic heterocycles. The van der Waals surface area contributed by atoms with Crippen LogP contribution in [0, 0.1) is 0 Å². The number of rotatable bonds is 4. The Bertz CT molecular complexity index is 10600. The molecule has 7 aliphatic rings. The molecule has 28 aromatic rings. The Kier molecular flexibility index (Phi) is 15.3. The summed E-state index contributed by atoms with van der Waals surface area (Å²) in [5.74, 6) is 0. The fourth-order valence-corrected chi connectivity index (χ4v) is 29.5. The molecule has 24 aromatic carbocycles. The minimum Gasteiger partial charge on any atom is -0.456 e. The van der Waals surface area contributed by atoms with Gasteiger partial charge in [0.2, 0.25) is 0 Å². The Morgan fingerprint density at radius 3 is 0.616 bits per heavy atom. The molecule has 4 nitrogen and oxygen atoms in total. The van der Waals surface area contributed by atoms with Crippen LogP contribution in [0.1, 0.15) is 91.7 Å². The Labute approximate surface area is 839 Å². The molecule has 3 spiro atoms. The summed E-state index contributed by atoms with van der Waals surface area (Å²) in [5.41, 5.74) is 52.1. The first-order valence-electron chi connectivity index (χ1n) is 51.1. The predicted octanol–water partition coefficient (Wildman–Crippen LogP) is 37.6. The summed E-state index contributed by atoms with van der Waals surface area (Å²) in [6.45, 7) is 4.69. The monoisotopic (exact) mass is 1850 g/mol. The molecule has 0 unspecified atom stereocenters. The minimum atomic E-state index is -0.439. The molecule has 0 aliphatic heterocycles. The predicted molar refractivity (Wildman–Crippen MR) is 600 cm³/mol. The normalized spacial score (nSPS) is 14.5. The van der Waals surface area contributed by atoms with Crippen LogP contribution in [0.15, 0.2) is 479 Å². The highest BCUT2D eigenvalue weighted by Gasteiger charge is 2.56. The third-order valence-electron chi connectivity index (χ3n) is 35.0. The second-order valence-corrected chi connectivity index (χ2v) is 41.7. The number of hydrogen-bond donors (Lipinski definition) is 0. The van der Waals surface area contributed by atoms with E-state index in [1.807, 2.05) is 0 Å². The van der Waals surface area contributed by atoms with E-state index in [4.69, 9.17) is 17.7 Å². The van der Waals surface area contributed by atoms with Crippen molar-refractivity contribution in [3.05, 3.63) is 539 Å². The van der Waals surface area contributed by atoms with Gasteiger partial charge in [-0.25, -0.2) is 0 Å². The van der Waals surface area contributed by atoms with Gasteiger partial charge in [0, 0.05) is 48.5 Å². The molecule has 674 valence electrons. The lowest BCUT2D eigenvalue weighted by Gasteiger charge is -2.30. The van der Waals surface area contributed by atoms with Gasteiger partial charge in [-0.1, -0.05) is 402 Å². The summed E-state index contributed by atoms with van der Waals surface area (Å²) in [4.78, 5) is 0. The number of furan rings is 4. The summed E-state index contributed by atoms with van der Waals surface area (Å²) in [6.07, 6.45) is 0. The summed E-state index contributed by atoms with van der Waals surface area (Å²) in [7, 11) is 0.